The molecule has 1 saturated carbocycles. The predicted octanol–water partition coefficient (Wildman–Crippen LogP) is 4.44. The lowest BCUT2D eigenvalue weighted by molar-refractivity contribution is 0.102. The maximum atomic E-state index is 12.4. The SMILES string of the molecule is Cn1nc(OCC2CCCC2)c2ccc(NC(=O)c3cccc(Cl)n3)cc21. The van der Waals surface area contributed by atoms with E-state index in [-0.39, 0.29) is 16.8 Å². The number of nitrogens with one attached hydrogen (secondary N) is 1. The molecule has 0 bridgehead atoms. The van der Waals surface area contributed by atoms with Crippen molar-refractivity contribution in [1.29, 1.82) is 0 Å². The van der Waals surface area contributed by atoms with Gasteiger partial charge in [0.1, 0.15) is 10.8 Å². The largest absolute Gasteiger partial charge is 0.476 e. The second-order valence-corrected chi connectivity index (χ2v) is 7.31. The molecule has 0 atom stereocenters. The van der Waals surface area contributed by atoms with Crippen LogP contribution in [-0.4, -0.2) is 27.3 Å². The molecule has 1 aliphatic rings. The van der Waals surface area contributed by atoms with E-state index in [0.29, 0.717) is 24.1 Å². The highest BCUT2D eigenvalue weighted by Gasteiger charge is 2.18. The number of aryl methyl sites for hydroxylation is 1. The highest BCUT2D eigenvalue weighted by Crippen LogP contribution is 2.30. The summed E-state index contributed by atoms with van der Waals surface area (Å²) in [7, 11) is 1.87. The van der Waals surface area contributed by atoms with E-state index in [1.165, 1.54) is 25.7 Å². The Labute approximate surface area is 162 Å². The van der Waals surface area contributed by atoms with Crippen LogP contribution in [-0.2, 0) is 7.05 Å². The van der Waals surface area contributed by atoms with Gasteiger partial charge in [-0.2, -0.15) is 0 Å². The molecule has 2 heterocycles. The molecule has 0 radical (unpaired) electrons. The molecule has 2 aromatic heterocycles. The van der Waals surface area contributed by atoms with Gasteiger partial charge in [-0.05, 0) is 49.1 Å². The van der Waals surface area contributed by atoms with Crippen LogP contribution in [0.4, 0.5) is 5.69 Å². The third kappa shape index (κ3) is 3.90. The van der Waals surface area contributed by atoms with Gasteiger partial charge in [-0.25, -0.2) is 4.98 Å². The fraction of sp³-hybridized carbons (Fsp3) is 0.350. The number of carbonyl (C=O) groups excluding carboxylic acids is 1. The average Bonchev–Trinajstić information content (AvgIpc) is 3.28. The van der Waals surface area contributed by atoms with Gasteiger partial charge >= 0.3 is 0 Å². The van der Waals surface area contributed by atoms with Crippen LogP contribution in [0.1, 0.15) is 36.2 Å². The first kappa shape index (κ1) is 17.8. The fourth-order valence-corrected chi connectivity index (χ4v) is 3.68. The second-order valence-electron chi connectivity index (χ2n) is 6.92. The zero-order chi connectivity index (χ0) is 18.8. The summed E-state index contributed by atoms with van der Waals surface area (Å²) in [6.45, 7) is 0.713. The lowest BCUT2D eigenvalue weighted by atomic mass is 10.1. The van der Waals surface area contributed by atoms with Gasteiger partial charge in [0, 0.05) is 12.7 Å². The number of benzene rings is 1. The average molecular weight is 385 g/mol. The molecule has 7 heteroatoms. The number of amides is 1. The van der Waals surface area contributed by atoms with E-state index in [0.717, 1.165) is 10.9 Å². The van der Waals surface area contributed by atoms with Crippen molar-refractivity contribution in [2.24, 2.45) is 13.0 Å². The molecule has 140 valence electrons. The van der Waals surface area contributed by atoms with Crippen LogP contribution in [0.15, 0.2) is 36.4 Å². The number of ether oxygens (including phenoxy) is 1. The van der Waals surface area contributed by atoms with Crippen molar-refractivity contribution in [2.45, 2.75) is 25.7 Å². The number of hydrogen-bond donors (Lipinski definition) is 1. The van der Waals surface area contributed by atoms with Gasteiger partial charge < -0.3 is 10.1 Å². The zero-order valence-electron chi connectivity index (χ0n) is 15.1. The normalized spacial score (nSPS) is 14.6. The van der Waals surface area contributed by atoms with Crippen LogP contribution in [0, 0.1) is 5.92 Å². The first-order valence-corrected chi connectivity index (χ1v) is 9.51. The monoisotopic (exact) mass is 384 g/mol. The molecular formula is C20H21ClN4O2. The Bertz CT molecular complexity index is 979. The van der Waals surface area contributed by atoms with Crippen LogP contribution in [0.2, 0.25) is 5.15 Å². The molecular weight excluding hydrogens is 364 g/mol. The molecule has 1 amide bonds. The molecule has 27 heavy (non-hydrogen) atoms. The summed E-state index contributed by atoms with van der Waals surface area (Å²) in [6.07, 6.45) is 5.06. The first-order valence-electron chi connectivity index (χ1n) is 9.13. The van der Waals surface area contributed by atoms with Gasteiger partial charge in [0.05, 0.1) is 17.5 Å². The van der Waals surface area contributed by atoms with Gasteiger partial charge in [0.15, 0.2) is 0 Å². The number of carbonyl (C=O) groups is 1. The molecule has 6 nitrogen and oxygen atoms in total. The summed E-state index contributed by atoms with van der Waals surface area (Å²) in [5.41, 5.74) is 1.83. The Morgan fingerprint density at radius 2 is 2.11 bits per heavy atom. The summed E-state index contributed by atoms with van der Waals surface area (Å²) in [6, 6.07) is 10.6. The van der Waals surface area contributed by atoms with Gasteiger partial charge in [-0.1, -0.05) is 30.5 Å². The van der Waals surface area contributed by atoms with Gasteiger partial charge in [0.25, 0.3) is 5.91 Å². The Balaban J connectivity index is 1.52. The molecule has 1 aromatic carbocycles. The standard InChI is InChI=1S/C20H21ClN4O2/c1-25-17-11-14(22-19(26)16-7-4-8-18(21)23-16)9-10-15(17)20(24-25)27-12-13-5-2-3-6-13/h4,7-11,13H,2-3,5-6,12H2,1H3,(H,22,26). The number of anilines is 1. The minimum Gasteiger partial charge on any atom is -0.476 e. The quantitative estimate of drug-likeness (QED) is 0.660. The minimum atomic E-state index is -0.309. The minimum absolute atomic E-state index is 0.271. The van der Waals surface area contributed by atoms with Crippen LogP contribution < -0.4 is 10.1 Å². The molecule has 0 unspecified atom stereocenters. The first-order chi connectivity index (χ1) is 13.1. The molecule has 0 saturated heterocycles. The van der Waals surface area contributed by atoms with Gasteiger partial charge in [-0.3, -0.25) is 9.48 Å². The Hall–Kier alpha value is -2.60. The molecule has 1 N–H and O–H groups in total. The number of fused-ring (bicyclic) bond motifs is 1. The lowest BCUT2D eigenvalue weighted by Crippen LogP contribution is -2.13. The van der Waals surface area contributed by atoms with Crippen molar-refractivity contribution in [3.05, 3.63) is 47.2 Å². The summed E-state index contributed by atoms with van der Waals surface area (Å²) in [5.74, 6) is 0.969. The van der Waals surface area contributed by atoms with Crippen molar-refractivity contribution in [3.8, 4) is 5.88 Å². The number of halogens is 1. The Morgan fingerprint density at radius 3 is 2.89 bits per heavy atom. The zero-order valence-corrected chi connectivity index (χ0v) is 15.9. The van der Waals surface area contributed by atoms with E-state index in [1.54, 1.807) is 22.9 Å². The Morgan fingerprint density at radius 1 is 1.30 bits per heavy atom. The van der Waals surface area contributed by atoms with Crippen molar-refractivity contribution in [3.63, 3.8) is 0 Å². The smallest absolute Gasteiger partial charge is 0.274 e. The summed E-state index contributed by atoms with van der Waals surface area (Å²) in [5, 5.41) is 8.57. The van der Waals surface area contributed by atoms with Crippen LogP contribution in [0.5, 0.6) is 5.88 Å². The highest BCUT2D eigenvalue weighted by atomic mass is 35.5. The van der Waals surface area contributed by atoms with Crippen LogP contribution >= 0.6 is 11.6 Å². The van der Waals surface area contributed by atoms with Crippen LogP contribution in [0.25, 0.3) is 10.9 Å². The fourth-order valence-electron chi connectivity index (χ4n) is 3.51. The highest BCUT2D eigenvalue weighted by molar-refractivity contribution is 6.29. The topological polar surface area (TPSA) is 69.0 Å². The van der Waals surface area contributed by atoms with E-state index in [9.17, 15) is 4.79 Å². The third-order valence-corrected chi connectivity index (χ3v) is 5.16. The summed E-state index contributed by atoms with van der Waals surface area (Å²) < 4.78 is 7.75. The molecule has 0 aliphatic heterocycles. The predicted molar refractivity (Wildman–Crippen MR) is 105 cm³/mol. The number of pyridine rings is 1. The summed E-state index contributed by atoms with van der Waals surface area (Å²) >= 11 is 5.85. The van der Waals surface area contributed by atoms with Crippen molar-refractivity contribution in [2.75, 3.05) is 11.9 Å². The van der Waals surface area contributed by atoms with E-state index >= 15 is 0 Å². The van der Waals surface area contributed by atoms with Crippen molar-refractivity contribution < 1.29 is 9.53 Å². The van der Waals surface area contributed by atoms with E-state index in [4.69, 9.17) is 16.3 Å². The van der Waals surface area contributed by atoms with Gasteiger partial charge in [-0.15, -0.1) is 5.10 Å². The molecule has 3 aromatic rings. The van der Waals surface area contributed by atoms with Crippen molar-refractivity contribution in [1.82, 2.24) is 14.8 Å². The van der Waals surface area contributed by atoms with Gasteiger partial charge in [0.2, 0.25) is 5.88 Å². The molecule has 0 spiro atoms. The van der Waals surface area contributed by atoms with Crippen molar-refractivity contribution >= 4 is 34.1 Å². The number of hydrogen-bond acceptors (Lipinski definition) is 4. The Kier molecular flexibility index (Phi) is 4.99. The third-order valence-electron chi connectivity index (χ3n) is 4.95. The maximum Gasteiger partial charge on any atom is 0.274 e. The van der Waals surface area contributed by atoms with E-state index < -0.39 is 0 Å². The van der Waals surface area contributed by atoms with Crippen LogP contribution in [0.3, 0.4) is 0 Å². The number of nitrogens with zero attached hydrogens (tertiary/aromatic N) is 3. The summed E-state index contributed by atoms with van der Waals surface area (Å²) in [4.78, 5) is 16.4. The molecule has 1 fully saturated rings. The van der Waals surface area contributed by atoms with E-state index in [2.05, 4.69) is 15.4 Å². The number of rotatable bonds is 5. The maximum absolute atomic E-state index is 12.4. The number of aromatic nitrogens is 3. The second kappa shape index (κ2) is 7.56. The van der Waals surface area contributed by atoms with E-state index in [1.807, 2.05) is 25.2 Å². The lowest BCUT2D eigenvalue weighted by Gasteiger charge is -2.09. The molecule has 1 aliphatic carbocycles. The molecule has 4 rings (SSSR count).